The molecular formula is C15H22BrN3OS. The fourth-order valence-electron chi connectivity index (χ4n) is 1.79. The zero-order chi connectivity index (χ0) is 16.0. The van der Waals surface area contributed by atoms with E-state index < -0.39 is 6.17 Å². The highest BCUT2D eigenvalue weighted by Crippen LogP contribution is 2.28. The Morgan fingerprint density at radius 2 is 1.95 bits per heavy atom. The van der Waals surface area contributed by atoms with Gasteiger partial charge in [0.15, 0.2) is 5.17 Å². The van der Waals surface area contributed by atoms with Gasteiger partial charge >= 0.3 is 0 Å². The van der Waals surface area contributed by atoms with Crippen molar-refractivity contribution in [3.8, 4) is 0 Å². The van der Waals surface area contributed by atoms with Crippen LogP contribution in [0.2, 0.25) is 0 Å². The summed E-state index contributed by atoms with van der Waals surface area (Å²) in [5, 5.41) is 3.31. The van der Waals surface area contributed by atoms with Crippen molar-refractivity contribution in [1.29, 1.82) is 0 Å². The minimum atomic E-state index is -0.482. The highest BCUT2D eigenvalue weighted by Gasteiger charge is 2.32. The molecule has 1 aromatic carbocycles. The molecule has 2 atom stereocenters. The average Bonchev–Trinajstić information content (AvgIpc) is 2.82. The molecule has 0 saturated carbocycles. The van der Waals surface area contributed by atoms with Gasteiger partial charge in [-0.2, -0.15) is 0 Å². The number of nitrogens with one attached hydrogen (secondary N) is 1. The third-order valence-electron chi connectivity index (χ3n) is 2.81. The minimum Gasteiger partial charge on any atom is -0.306 e. The number of aliphatic imine (C=N–C) groups is 1. The van der Waals surface area contributed by atoms with Crippen LogP contribution in [0.15, 0.2) is 33.7 Å². The summed E-state index contributed by atoms with van der Waals surface area (Å²) in [6.45, 7) is 8.04. The summed E-state index contributed by atoms with van der Waals surface area (Å²) in [5.74, 6) is 0.287. The van der Waals surface area contributed by atoms with E-state index in [0.717, 1.165) is 10.0 Å². The maximum Gasteiger partial charge on any atom is 0.239 e. The Hall–Kier alpha value is -0.850. The third kappa shape index (κ3) is 4.83. The van der Waals surface area contributed by atoms with Gasteiger partial charge in [0, 0.05) is 10.0 Å². The van der Waals surface area contributed by atoms with E-state index in [9.17, 15) is 4.79 Å². The molecule has 2 rings (SSSR count). The largest absolute Gasteiger partial charge is 0.306 e. The zero-order valence-electron chi connectivity index (χ0n) is 12.8. The van der Waals surface area contributed by atoms with E-state index in [1.807, 2.05) is 52.0 Å². The monoisotopic (exact) mass is 371 g/mol. The number of rotatable bonds is 3. The number of nitrogens with zero attached hydrogens (tertiary/aromatic N) is 1. The molecule has 0 aliphatic carbocycles. The van der Waals surface area contributed by atoms with Crippen molar-refractivity contribution >= 4 is 38.8 Å². The van der Waals surface area contributed by atoms with E-state index in [-0.39, 0.29) is 17.1 Å². The second-order valence-electron chi connectivity index (χ2n) is 4.67. The molecule has 1 aromatic rings. The first kappa shape index (κ1) is 18.2. The SMILES string of the molecule is CC.CC(C)C1S/C(=N/C(N)c2ccccc2Br)NC1=O. The van der Waals surface area contributed by atoms with Gasteiger partial charge in [-0.15, -0.1) is 0 Å². The van der Waals surface area contributed by atoms with Crippen molar-refractivity contribution in [2.45, 2.75) is 39.1 Å². The molecule has 1 saturated heterocycles. The number of amides is 1. The number of carbonyl (C=O) groups excluding carboxylic acids is 1. The molecular weight excluding hydrogens is 350 g/mol. The number of hydrogen-bond donors (Lipinski definition) is 2. The van der Waals surface area contributed by atoms with Crippen LogP contribution in [-0.4, -0.2) is 16.3 Å². The Kier molecular flexibility index (Phi) is 7.42. The summed E-state index contributed by atoms with van der Waals surface area (Å²) in [6, 6.07) is 7.68. The quantitative estimate of drug-likeness (QED) is 0.851. The maximum atomic E-state index is 11.7. The summed E-state index contributed by atoms with van der Waals surface area (Å²) in [6.07, 6.45) is -0.482. The summed E-state index contributed by atoms with van der Waals surface area (Å²) < 4.78 is 0.918. The lowest BCUT2D eigenvalue weighted by Crippen LogP contribution is -2.28. The zero-order valence-corrected chi connectivity index (χ0v) is 15.2. The number of nitrogens with two attached hydrogens (primary N) is 1. The Labute approximate surface area is 139 Å². The van der Waals surface area contributed by atoms with Gasteiger partial charge in [0.25, 0.3) is 0 Å². The summed E-state index contributed by atoms with van der Waals surface area (Å²) in [5.41, 5.74) is 6.96. The van der Waals surface area contributed by atoms with E-state index in [4.69, 9.17) is 5.73 Å². The van der Waals surface area contributed by atoms with Crippen molar-refractivity contribution in [3.63, 3.8) is 0 Å². The van der Waals surface area contributed by atoms with Gasteiger partial charge in [0.05, 0.1) is 5.25 Å². The molecule has 4 nitrogen and oxygen atoms in total. The molecule has 1 heterocycles. The minimum absolute atomic E-state index is 0.0121. The molecule has 0 spiro atoms. The molecule has 2 unspecified atom stereocenters. The van der Waals surface area contributed by atoms with Gasteiger partial charge in [0.1, 0.15) is 6.17 Å². The second kappa shape index (κ2) is 8.56. The van der Waals surface area contributed by atoms with Crippen LogP contribution in [0.3, 0.4) is 0 Å². The van der Waals surface area contributed by atoms with E-state index in [2.05, 4.69) is 26.2 Å². The van der Waals surface area contributed by atoms with Crippen LogP contribution in [0.1, 0.15) is 39.4 Å². The smallest absolute Gasteiger partial charge is 0.239 e. The Morgan fingerprint density at radius 1 is 1.33 bits per heavy atom. The van der Waals surface area contributed by atoms with Crippen LogP contribution >= 0.6 is 27.7 Å². The molecule has 1 fully saturated rings. The molecule has 3 N–H and O–H groups in total. The van der Waals surface area contributed by atoms with Gasteiger partial charge in [0.2, 0.25) is 5.91 Å². The predicted octanol–water partition coefficient (Wildman–Crippen LogP) is 3.68. The van der Waals surface area contributed by atoms with Crippen molar-refractivity contribution in [1.82, 2.24) is 5.32 Å². The highest BCUT2D eigenvalue weighted by molar-refractivity contribution is 9.10. The molecule has 1 amide bonds. The number of thioether (sulfide) groups is 1. The first-order valence-electron chi connectivity index (χ1n) is 7.04. The first-order valence-corrected chi connectivity index (χ1v) is 8.71. The van der Waals surface area contributed by atoms with Crippen LogP contribution in [0.25, 0.3) is 0 Å². The topological polar surface area (TPSA) is 67.5 Å². The third-order valence-corrected chi connectivity index (χ3v) is 4.98. The molecule has 6 heteroatoms. The van der Waals surface area contributed by atoms with Crippen LogP contribution in [0.4, 0.5) is 0 Å². The van der Waals surface area contributed by atoms with Crippen molar-refractivity contribution in [2.24, 2.45) is 16.6 Å². The molecule has 1 aliphatic heterocycles. The Bertz CT molecular complexity index is 519. The second-order valence-corrected chi connectivity index (χ2v) is 6.66. The van der Waals surface area contributed by atoms with Gasteiger partial charge < -0.3 is 11.1 Å². The van der Waals surface area contributed by atoms with E-state index in [1.54, 1.807) is 0 Å². The number of hydrogen-bond acceptors (Lipinski definition) is 4. The molecule has 116 valence electrons. The molecule has 0 radical (unpaired) electrons. The standard InChI is InChI=1S/C13H16BrN3OS.C2H6/c1-7(2)10-12(18)17-13(19-10)16-11(15)8-5-3-4-6-9(8)14;1-2/h3-7,10-11H,15H2,1-2H3,(H,16,17,18);1-2H3. The fraction of sp³-hybridized carbons (Fsp3) is 0.467. The molecule has 21 heavy (non-hydrogen) atoms. The van der Waals surface area contributed by atoms with Crippen molar-refractivity contribution < 1.29 is 4.79 Å². The summed E-state index contributed by atoms with van der Waals surface area (Å²) in [4.78, 5) is 16.1. The molecule has 0 bridgehead atoms. The number of carbonyl (C=O) groups is 1. The van der Waals surface area contributed by atoms with Gasteiger partial charge in [-0.05, 0) is 12.0 Å². The van der Waals surface area contributed by atoms with E-state index in [0.29, 0.717) is 5.17 Å². The first-order chi connectivity index (χ1) is 9.99. The number of halogens is 1. The van der Waals surface area contributed by atoms with Crippen LogP contribution in [-0.2, 0) is 4.79 Å². The van der Waals surface area contributed by atoms with E-state index in [1.165, 1.54) is 11.8 Å². The molecule has 1 aliphatic rings. The average molecular weight is 372 g/mol. The Balaban J connectivity index is 0.00000106. The lowest BCUT2D eigenvalue weighted by molar-refractivity contribution is -0.119. The summed E-state index contributed by atoms with van der Waals surface area (Å²) >= 11 is 4.90. The van der Waals surface area contributed by atoms with Crippen LogP contribution < -0.4 is 11.1 Å². The predicted molar refractivity (Wildman–Crippen MR) is 94.2 cm³/mol. The van der Waals surface area contributed by atoms with Crippen molar-refractivity contribution in [2.75, 3.05) is 0 Å². The van der Waals surface area contributed by atoms with Crippen LogP contribution in [0, 0.1) is 5.92 Å². The highest BCUT2D eigenvalue weighted by atomic mass is 79.9. The van der Waals surface area contributed by atoms with Gasteiger partial charge in [-0.25, -0.2) is 4.99 Å². The van der Waals surface area contributed by atoms with Gasteiger partial charge in [-0.3, -0.25) is 4.79 Å². The van der Waals surface area contributed by atoms with Gasteiger partial charge in [-0.1, -0.05) is 73.6 Å². The lowest BCUT2D eigenvalue weighted by atomic mass is 10.1. The van der Waals surface area contributed by atoms with Crippen LogP contribution in [0.5, 0.6) is 0 Å². The Morgan fingerprint density at radius 3 is 2.48 bits per heavy atom. The lowest BCUT2D eigenvalue weighted by Gasteiger charge is -2.10. The van der Waals surface area contributed by atoms with E-state index >= 15 is 0 Å². The molecule has 0 aromatic heterocycles. The number of benzene rings is 1. The maximum absolute atomic E-state index is 11.7. The summed E-state index contributed by atoms with van der Waals surface area (Å²) in [7, 11) is 0. The normalized spacial score (nSPS) is 21.0. The number of amidine groups is 1. The fourth-order valence-corrected chi connectivity index (χ4v) is 3.32. The van der Waals surface area contributed by atoms with Crippen molar-refractivity contribution in [3.05, 3.63) is 34.3 Å².